The predicted molar refractivity (Wildman–Crippen MR) is 308 cm³/mol. The maximum atomic E-state index is 6.78. The van der Waals surface area contributed by atoms with Crippen molar-refractivity contribution in [3.8, 4) is 78.9 Å². The van der Waals surface area contributed by atoms with Crippen LogP contribution in [0, 0.1) is 0 Å². The normalized spacial score (nSPS) is 11.6. The largest absolute Gasteiger partial charge is 0.307 e. The molecular formula is C63H36B5N5. The molecule has 10 aromatic carbocycles. The van der Waals surface area contributed by atoms with Gasteiger partial charge in [-0.1, -0.05) is 205 Å². The van der Waals surface area contributed by atoms with Gasteiger partial charge in [0.15, 0.2) is 11.6 Å². The number of nitrogens with zero attached hydrogens (tertiary/aromatic N) is 5. The average Bonchev–Trinajstić information content (AvgIpc) is 3.98. The summed E-state index contributed by atoms with van der Waals surface area (Å²) in [4.78, 5) is 16.1. The molecule has 0 aliphatic heterocycles. The van der Waals surface area contributed by atoms with Gasteiger partial charge in [-0.05, 0) is 68.8 Å². The summed E-state index contributed by atoms with van der Waals surface area (Å²) in [5, 5.41) is 4.25. The Kier molecular flexibility index (Phi) is 10.7. The van der Waals surface area contributed by atoms with Crippen molar-refractivity contribution in [2.45, 2.75) is 0 Å². The maximum absolute atomic E-state index is 6.78. The zero-order chi connectivity index (χ0) is 49.3. The summed E-state index contributed by atoms with van der Waals surface area (Å²) < 4.78 is 4.55. The van der Waals surface area contributed by atoms with E-state index in [0.717, 1.165) is 99.4 Å². The van der Waals surface area contributed by atoms with Crippen molar-refractivity contribution in [2.75, 3.05) is 0 Å². The Morgan fingerprint density at radius 2 is 0.685 bits per heavy atom. The number of aromatic nitrogens is 5. The Bertz CT molecular complexity index is 4160. The van der Waals surface area contributed by atoms with Gasteiger partial charge in [0.2, 0.25) is 5.95 Å². The predicted octanol–water partition coefficient (Wildman–Crippen LogP) is 10.0. The Labute approximate surface area is 429 Å². The van der Waals surface area contributed by atoms with Crippen LogP contribution in [0.2, 0.25) is 0 Å². The van der Waals surface area contributed by atoms with Gasteiger partial charge in [0.25, 0.3) is 0 Å². The number of rotatable bonds is 8. The number of benzene rings is 10. The molecular weight excluding hydrogens is 881 g/mol. The Morgan fingerprint density at radius 3 is 1.19 bits per heavy atom. The van der Waals surface area contributed by atoms with Crippen LogP contribution in [0.25, 0.3) is 123 Å². The van der Waals surface area contributed by atoms with E-state index in [-0.39, 0.29) is 27.3 Å². The fourth-order valence-electron chi connectivity index (χ4n) is 10.5. The Morgan fingerprint density at radius 1 is 0.288 bits per heavy atom. The van der Waals surface area contributed by atoms with Gasteiger partial charge >= 0.3 is 0 Å². The third-order valence-corrected chi connectivity index (χ3v) is 14.1. The van der Waals surface area contributed by atoms with Gasteiger partial charge in [-0.3, -0.25) is 4.57 Å². The molecule has 0 fully saturated rings. The summed E-state index contributed by atoms with van der Waals surface area (Å²) in [6.07, 6.45) is 0. The molecule has 0 N–H and O–H groups in total. The summed E-state index contributed by atoms with van der Waals surface area (Å²) in [6.45, 7) is 0. The second-order valence-electron chi connectivity index (χ2n) is 18.3. The lowest BCUT2D eigenvalue weighted by atomic mass is 9.59. The molecule has 10 radical (unpaired) electrons. The van der Waals surface area contributed by atoms with Crippen LogP contribution in [0.15, 0.2) is 218 Å². The first kappa shape index (κ1) is 44.1. The average molecular weight is 917 g/mol. The minimum absolute atomic E-state index is 0.167. The number of hydrogen-bond donors (Lipinski definition) is 0. The van der Waals surface area contributed by atoms with E-state index in [1.165, 1.54) is 0 Å². The zero-order valence-electron chi connectivity index (χ0n) is 39.4. The molecule has 0 saturated heterocycles. The van der Waals surface area contributed by atoms with E-state index in [9.17, 15) is 0 Å². The molecule has 328 valence electrons. The van der Waals surface area contributed by atoms with E-state index in [4.69, 9.17) is 54.2 Å². The molecule has 3 aromatic heterocycles. The summed E-state index contributed by atoms with van der Waals surface area (Å²) in [7, 11) is 32.8. The summed E-state index contributed by atoms with van der Waals surface area (Å²) >= 11 is 0. The summed E-state index contributed by atoms with van der Waals surface area (Å²) in [6, 6.07) is 75.5. The minimum atomic E-state index is 0.167. The first-order valence-electron chi connectivity index (χ1n) is 24.1. The van der Waals surface area contributed by atoms with Crippen molar-refractivity contribution in [3.05, 3.63) is 218 Å². The first-order chi connectivity index (χ1) is 35.8. The fraction of sp³-hybridized carbons (Fsp3) is 0. The van der Waals surface area contributed by atoms with Gasteiger partial charge in [-0.15, -0.1) is 16.4 Å². The molecule has 73 heavy (non-hydrogen) atoms. The summed E-state index contributed by atoms with van der Waals surface area (Å²) in [5.41, 5.74) is 15.2. The van der Waals surface area contributed by atoms with Crippen molar-refractivity contribution in [1.29, 1.82) is 0 Å². The Hall–Kier alpha value is -8.87. The molecule has 13 aromatic rings. The number of fused-ring (bicyclic) bond motifs is 7. The highest BCUT2D eigenvalue weighted by molar-refractivity contribution is 6.68. The lowest BCUT2D eigenvalue weighted by Crippen LogP contribution is -2.55. The van der Waals surface area contributed by atoms with Crippen molar-refractivity contribution in [2.24, 2.45) is 0 Å². The first-order valence-corrected chi connectivity index (χ1v) is 24.1. The lowest BCUT2D eigenvalue weighted by molar-refractivity contribution is 0.953. The fourth-order valence-corrected chi connectivity index (χ4v) is 10.5. The number of para-hydroxylation sites is 2. The highest BCUT2D eigenvalue weighted by Gasteiger charge is 2.25. The van der Waals surface area contributed by atoms with E-state index in [2.05, 4.69) is 191 Å². The summed E-state index contributed by atoms with van der Waals surface area (Å²) in [5.74, 6) is 1.59. The second-order valence-corrected chi connectivity index (χ2v) is 18.3. The topological polar surface area (TPSA) is 48.5 Å². The molecule has 10 heteroatoms. The van der Waals surface area contributed by atoms with Crippen molar-refractivity contribution in [1.82, 2.24) is 24.1 Å². The third kappa shape index (κ3) is 7.35. The quantitative estimate of drug-likeness (QED) is 0.143. The van der Waals surface area contributed by atoms with Crippen LogP contribution in [-0.4, -0.2) is 63.3 Å². The van der Waals surface area contributed by atoms with Crippen LogP contribution in [0.5, 0.6) is 0 Å². The molecule has 0 aliphatic carbocycles. The van der Waals surface area contributed by atoms with Gasteiger partial charge in [-0.2, -0.15) is 9.97 Å². The standard InChI is InChI=1S/C63H36B5N5/c64-54-53(55(65)57(67)58(68)56(54)66)47-33-32-44(36-50(47)41-18-8-3-9-19-41)72-51-22-12-10-20-45(51)48-34-35-49-46-21-11-13-23-52(46)73(60(49)59(48)72)63-70-61(42-28-24-39(25-29-42)37-14-4-1-5-15-37)69-62(71-63)43-30-26-40(27-31-43)38-16-6-2-7-17-38/h1-36H. The van der Waals surface area contributed by atoms with Crippen LogP contribution in [0.1, 0.15) is 0 Å². The van der Waals surface area contributed by atoms with Gasteiger partial charge < -0.3 is 4.57 Å². The molecule has 0 amide bonds. The van der Waals surface area contributed by atoms with E-state index < -0.39 is 0 Å². The molecule has 0 spiro atoms. The lowest BCUT2D eigenvalue weighted by Gasteiger charge is -2.24. The minimum Gasteiger partial charge on any atom is -0.307 e. The van der Waals surface area contributed by atoms with Gasteiger partial charge in [0.1, 0.15) is 39.2 Å². The molecule has 0 aliphatic rings. The van der Waals surface area contributed by atoms with Crippen molar-refractivity contribution < 1.29 is 0 Å². The second kappa shape index (κ2) is 17.8. The molecule has 0 bridgehead atoms. The number of hydrogen-bond acceptors (Lipinski definition) is 3. The molecule has 0 unspecified atom stereocenters. The van der Waals surface area contributed by atoms with Crippen LogP contribution in [0.3, 0.4) is 0 Å². The molecule has 13 rings (SSSR count). The van der Waals surface area contributed by atoms with Gasteiger partial charge in [-0.25, -0.2) is 4.98 Å². The maximum Gasteiger partial charge on any atom is 0.238 e. The monoisotopic (exact) mass is 917 g/mol. The van der Waals surface area contributed by atoms with Crippen LogP contribution in [0.4, 0.5) is 0 Å². The zero-order valence-corrected chi connectivity index (χ0v) is 39.4. The van der Waals surface area contributed by atoms with E-state index in [1.54, 1.807) is 0 Å². The highest BCUT2D eigenvalue weighted by atomic mass is 15.2. The van der Waals surface area contributed by atoms with Crippen LogP contribution < -0.4 is 27.3 Å². The van der Waals surface area contributed by atoms with Crippen molar-refractivity contribution in [3.63, 3.8) is 0 Å². The molecule has 3 heterocycles. The van der Waals surface area contributed by atoms with Gasteiger partial charge in [0, 0.05) is 38.4 Å². The van der Waals surface area contributed by atoms with Gasteiger partial charge in [0.05, 0.1) is 22.1 Å². The van der Waals surface area contributed by atoms with Crippen molar-refractivity contribution >= 4 is 110 Å². The van der Waals surface area contributed by atoms with E-state index in [1.807, 2.05) is 36.4 Å². The molecule has 0 atom stereocenters. The SMILES string of the molecule is [B]c1c([B])c([B])c(-c2ccc(-n3c4ccccc4c4ccc5c6ccccc6n(-c6nc(-c7ccc(-c8ccccc8)cc7)nc(-c7ccc(-c8ccccc8)cc7)n6)c5c43)cc2-c2ccccc2)c([B])c1[B]. The molecule has 0 saturated carbocycles. The Balaban J connectivity index is 1.09. The van der Waals surface area contributed by atoms with Crippen LogP contribution >= 0.6 is 0 Å². The van der Waals surface area contributed by atoms with Crippen LogP contribution in [-0.2, 0) is 0 Å². The smallest absolute Gasteiger partial charge is 0.238 e. The third-order valence-electron chi connectivity index (χ3n) is 14.1. The molecule has 5 nitrogen and oxygen atoms in total. The highest BCUT2D eigenvalue weighted by Crippen LogP contribution is 2.43. The van der Waals surface area contributed by atoms with E-state index in [0.29, 0.717) is 23.2 Å². The van der Waals surface area contributed by atoms with E-state index >= 15 is 0 Å².